The molecule has 5 nitrogen and oxygen atoms in total. The summed E-state index contributed by atoms with van der Waals surface area (Å²) in [5.74, 6) is -0.397. The molecular weight excluding hydrogens is 379 g/mol. The van der Waals surface area contributed by atoms with Gasteiger partial charge in [-0.2, -0.15) is 5.26 Å². The number of aryl methyl sites for hydroxylation is 1. The number of ether oxygens (including phenoxy) is 1. The lowest BCUT2D eigenvalue weighted by Crippen LogP contribution is -2.36. The molecule has 0 spiro atoms. The summed E-state index contributed by atoms with van der Waals surface area (Å²) in [6.45, 7) is 8.99. The number of hydrogen-bond acceptors (Lipinski definition) is 5. The third kappa shape index (κ3) is 3.94. The fraction of sp³-hybridized carbons (Fsp3) is 0.333. The van der Waals surface area contributed by atoms with E-state index in [-0.39, 0.29) is 6.04 Å². The minimum Gasteiger partial charge on any atom is -0.378 e. The average Bonchev–Trinajstić information content (AvgIpc) is 2.75. The molecule has 1 saturated heterocycles. The van der Waals surface area contributed by atoms with E-state index in [1.54, 1.807) is 0 Å². The lowest BCUT2D eigenvalue weighted by atomic mass is 9.97. The molecule has 1 N–H and O–H groups in total. The molecule has 1 fully saturated rings. The molecule has 30 heavy (non-hydrogen) atoms. The van der Waals surface area contributed by atoms with Gasteiger partial charge in [-0.05, 0) is 68.3 Å². The second kappa shape index (κ2) is 8.29. The molecule has 4 rings (SSSR count). The fourth-order valence-corrected chi connectivity index (χ4v) is 4.06. The molecule has 0 radical (unpaired) electrons. The Morgan fingerprint density at radius 3 is 2.67 bits per heavy atom. The van der Waals surface area contributed by atoms with Crippen LogP contribution in [0.1, 0.15) is 35.3 Å². The van der Waals surface area contributed by atoms with Crippen molar-refractivity contribution in [2.75, 3.05) is 36.5 Å². The minimum atomic E-state index is -0.397. The Bertz CT molecular complexity index is 1130. The van der Waals surface area contributed by atoms with Gasteiger partial charge in [0.15, 0.2) is 0 Å². The van der Waals surface area contributed by atoms with E-state index in [0.717, 1.165) is 65.4 Å². The first-order chi connectivity index (χ1) is 14.5. The Labute approximate surface area is 176 Å². The number of halogens is 1. The molecule has 3 aromatic rings. The van der Waals surface area contributed by atoms with Crippen LogP contribution >= 0.6 is 0 Å². The van der Waals surface area contributed by atoms with Gasteiger partial charge in [-0.1, -0.05) is 0 Å². The van der Waals surface area contributed by atoms with Crippen LogP contribution in [0, 0.1) is 31.0 Å². The van der Waals surface area contributed by atoms with E-state index in [1.807, 2.05) is 32.9 Å². The molecule has 2 aromatic carbocycles. The van der Waals surface area contributed by atoms with Crippen LogP contribution in [-0.4, -0.2) is 31.3 Å². The number of morpholine rings is 1. The van der Waals surface area contributed by atoms with Gasteiger partial charge in [0, 0.05) is 41.6 Å². The Balaban J connectivity index is 1.73. The van der Waals surface area contributed by atoms with E-state index >= 15 is 0 Å². The Hall–Kier alpha value is -3.17. The van der Waals surface area contributed by atoms with Crippen molar-refractivity contribution in [2.45, 2.75) is 26.8 Å². The second-order valence-corrected chi connectivity index (χ2v) is 7.76. The first kappa shape index (κ1) is 20.1. The molecule has 2 heterocycles. The summed E-state index contributed by atoms with van der Waals surface area (Å²) < 4.78 is 19.5. The molecule has 1 aliphatic heterocycles. The summed E-state index contributed by atoms with van der Waals surface area (Å²) in [5.41, 5.74) is 5.84. The number of anilines is 2. The molecule has 0 bridgehead atoms. The topological polar surface area (TPSA) is 61.2 Å². The zero-order chi connectivity index (χ0) is 21.3. The van der Waals surface area contributed by atoms with Crippen LogP contribution in [-0.2, 0) is 4.74 Å². The van der Waals surface area contributed by atoms with Gasteiger partial charge in [-0.25, -0.2) is 4.39 Å². The lowest BCUT2D eigenvalue weighted by molar-refractivity contribution is 0.122. The van der Waals surface area contributed by atoms with Gasteiger partial charge in [0.25, 0.3) is 0 Å². The third-order valence-corrected chi connectivity index (χ3v) is 5.67. The van der Waals surface area contributed by atoms with Gasteiger partial charge in [0.1, 0.15) is 5.82 Å². The van der Waals surface area contributed by atoms with Gasteiger partial charge < -0.3 is 15.0 Å². The van der Waals surface area contributed by atoms with Crippen LogP contribution in [0.3, 0.4) is 0 Å². The molecule has 1 aromatic heterocycles. The summed E-state index contributed by atoms with van der Waals surface area (Å²) in [7, 11) is 0. The van der Waals surface area contributed by atoms with Gasteiger partial charge in [0.2, 0.25) is 0 Å². The SMILES string of the molecule is Cc1cc(N[C@H](C)c2cc(F)cc(C#N)c2C)c2cc(N3CCOCC3)ccc2n1. The highest BCUT2D eigenvalue weighted by Gasteiger charge is 2.17. The molecule has 0 amide bonds. The summed E-state index contributed by atoms with van der Waals surface area (Å²) in [6, 6.07) is 13.0. The van der Waals surface area contributed by atoms with Crippen molar-refractivity contribution in [1.82, 2.24) is 4.98 Å². The molecule has 0 saturated carbocycles. The van der Waals surface area contributed by atoms with Crippen LogP contribution < -0.4 is 10.2 Å². The first-order valence-corrected chi connectivity index (χ1v) is 10.2. The van der Waals surface area contributed by atoms with Crippen molar-refractivity contribution in [2.24, 2.45) is 0 Å². The van der Waals surface area contributed by atoms with E-state index in [2.05, 4.69) is 33.4 Å². The van der Waals surface area contributed by atoms with Gasteiger partial charge in [-0.3, -0.25) is 4.98 Å². The van der Waals surface area contributed by atoms with Crippen LogP contribution in [0.25, 0.3) is 10.9 Å². The van der Waals surface area contributed by atoms with Crippen molar-refractivity contribution in [3.05, 3.63) is 64.6 Å². The number of nitriles is 1. The monoisotopic (exact) mass is 404 g/mol. The molecule has 0 aliphatic carbocycles. The maximum absolute atomic E-state index is 14.1. The Morgan fingerprint density at radius 2 is 1.93 bits per heavy atom. The Morgan fingerprint density at radius 1 is 1.17 bits per heavy atom. The maximum atomic E-state index is 14.1. The predicted molar refractivity (Wildman–Crippen MR) is 117 cm³/mol. The third-order valence-electron chi connectivity index (χ3n) is 5.67. The minimum absolute atomic E-state index is 0.176. The number of hydrogen-bond donors (Lipinski definition) is 1. The smallest absolute Gasteiger partial charge is 0.124 e. The molecular formula is C24H25FN4O. The number of fused-ring (bicyclic) bond motifs is 1. The van der Waals surface area contributed by atoms with Gasteiger partial charge >= 0.3 is 0 Å². The number of pyridine rings is 1. The van der Waals surface area contributed by atoms with Crippen molar-refractivity contribution < 1.29 is 9.13 Å². The van der Waals surface area contributed by atoms with Crippen molar-refractivity contribution in [3.63, 3.8) is 0 Å². The largest absolute Gasteiger partial charge is 0.378 e. The van der Waals surface area contributed by atoms with Crippen LogP contribution in [0.15, 0.2) is 36.4 Å². The van der Waals surface area contributed by atoms with Crippen LogP contribution in [0.2, 0.25) is 0 Å². The summed E-state index contributed by atoms with van der Waals surface area (Å²) >= 11 is 0. The molecule has 1 atom stereocenters. The standard InChI is InChI=1S/C24H25FN4O/c1-15-10-24(28-17(3)21-12-19(25)11-18(14-26)16(21)2)22-13-20(4-5-23(22)27-15)29-6-8-30-9-7-29/h4-5,10-13,17H,6-9H2,1-3H3,(H,27,28)/t17-/m1/s1. The summed E-state index contributed by atoms with van der Waals surface area (Å²) in [5, 5.41) is 13.9. The van der Waals surface area contributed by atoms with E-state index in [1.165, 1.54) is 12.1 Å². The molecule has 1 aliphatic rings. The van der Waals surface area contributed by atoms with Crippen molar-refractivity contribution in [3.8, 4) is 6.07 Å². The highest BCUT2D eigenvalue weighted by molar-refractivity contribution is 5.94. The highest BCUT2D eigenvalue weighted by Crippen LogP contribution is 2.32. The molecule has 154 valence electrons. The fourth-order valence-electron chi connectivity index (χ4n) is 4.06. The zero-order valence-corrected chi connectivity index (χ0v) is 17.5. The summed E-state index contributed by atoms with van der Waals surface area (Å²) in [6.07, 6.45) is 0. The number of benzene rings is 2. The zero-order valence-electron chi connectivity index (χ0n) is 17.5. The quantitative estimate of drug-likeness (QED) is 0.672. The van der Waals surface area contributed by atoms with Gasteiger partial charge in [0.05, 0.1) is 30.4 Å². The second-order valence-electron chi connectivity index (χ2n) is 7.76. The summed E-state index contributed by atoms with van der Waals surface area (Å²) in [4.78, 5) is 6.99. The number of rotatable bonds is 4. The Kier molecular flexibility index (Phi) is 5.56. The van der Waals surface area contributed by atoms with E-state index in [4.69, 9.17) is 4.74 Å². The maximum Gasteiger partial charge on any atom is 0.124 e. The van der Waals surface area contributed by atoms with Crippen LogP contribution in [0.4, 0.5) is 15.8 Å². The van der Waals surface area contributed by atoms with Gasteiger partial charge in [-0.15, -0.1) is 0 Å². The number of aromatic nitrogens is 1. The average molecular weight is 404 g/mol. The first-order valence-electron chi connectivity index (χ1n) is 10.2. The van der Waals surface area contributed by atoms with E-state index < -0.39 is 5.82 Å². The van der Waals surface area contributed by atoms with E-state index in [0.29, 0.717) is 5.56 Å². The molecule has 0 unspecified atom stereocenters. The predicted octanol–water partition coefficient (Wildman–Crippen LogP) is 4.87. The molecule has 6 heteroatoms. The van der Waals surface area contributed by atoms with E-state index in [9.17, 15) is 9.65 Å². The van der Waals surface area contributed by atoms with Crippen LogP contribution in [0.5, 0.6) is 0 Å². The van der Waals surface area contributed by atoms with Crippen molar-refractivity contribution >= 4 is 22.3 Å². The number of nitrogens with zero attached hydrogens (tertiary/aromatic N) is 3. The normalized spacial score (nSPS) is 15.1. The lowest BCUT2D eigenvalue weighted by Gasteiger charge is -2.29. The van der Waals surface area contributed by atoms with Crippen molar-refractivity contribution in [1.29, 1.82) is 5.26 Å². The number of nitrogens with one attached hydrogen (secondary N) is 1. The highest BCUT2D eigenvalue weighted by atomic mass is 19.1.